The lowest BCUT2D eigenvalue weighted by Gasteiger charge is -2.16. The van der Waals surface area contributed by atoms with E-state index in [4.69, 9.17) is 10.8 Å². The summed E-state index contributed by atoms with van der Waals surface area (Å²) in [5.74, 6) is 0.767. The molecule has 2 aromatic heterocycles. The largest absolute Gasteiger partial charge is 0.465 e. The highest BCUT2D eigenvalue weighted by atomic mass is 16.4. The van der Waals surface area contributed by atoms with Gasteiger partial charge in [0.25, 0.3) is 0 Å². The van der Waals surface area contributed by atoms with Gasteiger partial charge < -0.3 is 15.7 Å². The number of aromatic nitrogens is 3. The van der Waals surface area contributed by atoms with Gasteiger partial charge in [0.05, 0.1) is 0 Å². The van der Waals surface area contributed by atoms with Crippen LogP contribution < -0.4 is 5.73 Å². The topological polar surface area (TPSA) is 96.8 Å². The van der Waals surface area contributed by atoms with Gasteiger partial charge in [0, 0.05) is 24.7 Å². The van der Waals surface area contributed by atoms with Crippen molar-refractivity contribution in [3.05, 3.63) is 24.2 Å². The number of rotatable bonds is 1. The van der Waals surface area contributed by atoms with E-state index in [0.717, 1.165) is 30.5 Å². The number of nitrogens with two attached hydrogens (primary N) is 1. The van der Waals surface area contributed by atoms with Crippen LogP contribution in [0.3, 0.4) is 0 Å². The van der Waals surface area contributed by atoms with Crippen LogP contribution in [0.2, 0.25) is 0 Å². The summed E-state index contributed by atoms with van der Waals surface area (Å²) < 4.78 is 1.82. The van der Waals surface area contributed by atoms with E-state index in [1.165, 1.54) is 11.2 Å². The third kappa shape index (κ3) is 2.15. The number of carbonyl (C=O) groups is 1. The average molecular weight is 275 g/mol. The molecule has 2 aromatic rings. The second kappa shape index (κ2) is 4.99. The number of hydrogen-bond acceptors (Lipinski definition) is 4. The Bertz CT molecular complexity index is 639. The highest BCUT2D eigenvalue weighted by molar-refractivity contribution is 5.66. The summed E-state index contributed by atoms with van der Waals surface area (Å²) in [5.41, 5.74) is 7.73. The van der Waals surface area contributed by atoms with Gasteiger partial charge in [0.1, 0.15) is 11.8 Å². The van der Waals surface area contributed by atoms with Crippen LogP contribution >= 0.6 is 0 Å². The first-order valence-corrected chi connectivity index (χ1v) is 6.73. The first-order valence-electron chi connectivity index (χ1n) is 6.73. The van der Waals surface area contributed by atoms with E-state index in [2.05, 4.69) is 10.1 Å². The van der Waals surface area contributed by atoms with E-state index < -0.39 is 6.09 Å². The van der Waals surface area contributed by atoms with E-state index in [1.807, 2.05) is 16.6 Å². The number of amides is 1. The van der Waals surface area contributed by atoms with Gasteiger partial charge in [-0.3, -0.25) is 0 Å². The Balaban J connectivity index is 1.88. The van der Waals surface area contributed by atoms with Gasteiger partial charge >= 0.3 is 6.09 Å². The normalized spacial score (nSPS) is 20.0. The van der Waals surface area contributed by atoms with Gasteiger partial charge in [-0.2, -0.15) is 5.10 Å². The summed E-state index contributed by atoms with van der Waals surface area (Å²) in [6.45, 7) is 1.17. The summed E-state index contributed by atoms with van der Waals surface area (Å²) in [7, 11) is 0. The molecule has 1 amide bonds. The first kappa shape index (κ1) is 12.7. The van der Waals surface area contributed by atoms with Gasteiger partial charge in [-0.05, 0) is 31.4 Å². The minimum absolute atomic E-state index is 0.302. The third-order valence-corrected chi connectivity index (χ3v) is 3.93. The SMILES string of the molecule is Nc1ncnn2c(C3CCCN(C(=O)O)CC3)ccc12. The molecule has 1 saturated heterocycles. The lowest BCUT2D eigenvalue weighted by molar-refractivity contribution is 0.147. The van der Waals surface area contributed by atoms with Crippen molar-refractivity contribution >= 4 is 17.4 Å². The Morgan fingerprint density at radius 2 is 2.20 bits per heavy atom. The number of fused-ring (bicyclic) bond motifs is 1. The van der Waals surface area contributed by atoms with Gasteiger partial charge in [-0.1, -0.05) is 0 Å². The van der Waals surface area contributed by atoms with Crippen LogP contribution in [-0.4, -0.2) is 43.8 Å². The Kier molecular flexibility index (Phi) is 3.17. The highest BCUT2D eigenvalue weighted by Gasteiger charge is 2.23. The predicted octanol–water partition coefficient (Wildman–Crippen LogP) is 1.56. The molecule has 1 fully saturated rings. The molecule has 0 spiro atoms. The highest BCUT2D eigenvalue weighted by Crippen LogP contribution is 2.29. The van der Waals surface area contributed by atoms with Gasteiger partial charge in [-0.15, -0.1) is 0 Å². The second-order valence-electron chi connectivity index (χ2n) is 5.10. The van der Waals surface area contributed by atoms with Gasteiger partial charge in [0.15, 0.2) is 5.82 Å². The molecule has 0 saturated carbocycles. The molecule has 106 valence electrons. The molecule has 1 atom stereocenters. The molecule has 3 N–H and O–H groups in total. The Labute approximate surface area is 116 Å². The van der Waals surface area contributed by atoms with Crippen LogP contribution in [0, 0.1) is 0 Å². The lowest BCUT2D eigenvalue weighted by atomic mass is 9.97. The molecule has 0 aliphatic carbocycles. The molecule has 0 aromatic carbocycles. The standard InChI is InChI=1S/C13H17N5O2/c14-12-11-4-3-10(18(11)16-8-15-12)9-2-1-6-17(7-5-9)13(19)20/h3-4,8-9H,1-2,5-7H2,(H,19,20)(H2,14,15,16). The fraction of sp³-hybridized carbons (Fsp3) is 0.462. The van der Waals surface area contributed by atoms with Gasteiger partial charge in [0.2, 0.25) is 0 Å². The molecular weight excluding hydrogens is 258 g/mol. The molecule has 1 unspecified atom stereocenters. The van der Waals surface area contributed by atoms with Crippen LogP contribution in [0.25, 0.3) is 5.52 Å². The van der Waals surface area contributed by atoms with E-state index in [0.29, 0.717) is 24.8 Å². The number of hydrogen-bond donors (Lipinski definition) is 2. The zero-order chi connectivity index (χ0) is 14.1. The molecule has 0 bridgehead atoms. The maximum atomic E-state index is 11.0. The molecule has 3 rings (SSSR count). The first-order chi connectivity index (χ1) is 9.66. The number of carboxylic acid groups (broad SMARTS) is 1. The van der Waals surface area contributed by atoms with Crippen molar-refractivity contribution in [3.63, 3.8) is 0 Å². The zero-order valence-electron chi connectivity index (χ0n) is 11.1. The minimum atomic E-state index is -0.836. The second-order valence-corrected chi connectivity index (χ2v) is 5.10. The molecule has 1 aliphatic rings. The van der Waals surface area contributed by atoms with Crippen LogP contribution in [0.4, 0.5) is 10.6 Å². The van der Waals surface area contributed by atoms with Crippen molar-refractivity contribution in [2.75, 3.05) is 18.8 Å². The maximum absolute atomic E-state index is 11.0. The third-order valence-electron chi connectivity index (χ3n) is 3.93. The fourth-order valence-corrected chi connectivity index (χ4v) is 2.87. The van der Waals surface area contributed by atoms with E-state index in [1.54, 1.807) is 0 Å². The minimum Gasteiger partial charge on any atom is -0.465 e. The molecule has 1 aliphatic heterocycles. The summed E-state index contributed by atoms with van der Waals surface area (Å²) in [6.07, 6.45) is 3.25. The van der Waals surface area contributed by atoms with Crippen LogP contribution in [-0.2, 0) is 0 Å². The van der Waals surface area contributed by atoms with Gasteiger partial charge in [-0.25, -0.2) is 14.3 Å². The van der Waals surface area contributed by atoms with Crippen LogP contribution in [0.5, 0.6) is 0 Å². The van der Waals surface area contributed by atoms with Crippen molar-refractivity contribution in [3.8, 4) is 0 Å². The molecule has 7 nitrogen and oxygen atoms in total. The van der Waals surface area contributed by atoms with E-state index in [9.17, 15) is 4.79 Å². The summed E-state index contributed by atoms with van der Waals surface area (Å²) in [6, 6.07) is 3.94. The van der Waals surface area contributed by atoms with Crippen LogP contribution in [0.1, 0.15) is 30.9 Å². The fourth-order valence-electron chi connectivity index (χ4n) is 2.87. The van der Waals surface area contributed by atoms with Crippen molar-refractivity contribution < 1.29 is 9.90 Å². The number of nitrogen functional groups attached to an aromatic ring is 1. The van der Waals surface area contributed by atoms with Crippen molar-refractivity contribution in [1.29, 1.82) is 0 Å². The number of nitrogens with zero attached hydrogens (tertiary/aromatic N) is 4. The smallest absolute Gasteiger partial charge is 0.407 e. The number of likely N-dealkylation sites (tertiary alicyclic amines) is 1. The van der Waals surface area contributed by atoms with E-state index in [-0.39, 0.29) is 0 Å². The van der Waals surface area contributed by atoms with Crippen LogP contribution in [0.15, 0.2) is 18.5 Å². The van der Waals surface area contributed by atoms with Crippen molar-refractivity contribution in [2.24, 2.45) is 0 Å². The number of anilines is 1. The molecule has 20 heavy (non-hydrogen) atoms. The quantitative estimate of drug-likeness (QED) is 0.823. The molecular formula is C13H17N5O2. The summed E-state index contributed by atoms with van der Waals surface area (Å²) >= 11 is 0. The molecule has 3 heterocycles. The van der Waals surface area contributed by atoms with Crippen molar-refractivity contribution in [2.45, 2.75) is 25.2 Å². The van der Waals surface area contributed by atoms with E-state index >= 15 is 0 Å². The summed E-state index contributed by atoms with van der Waals surface area (Å²) in [5, 5.41) is 13.3. The zero-order valence-corrected chi connectivity index (χ0v) is 11.1. The molecule has 0 radical (unpaired) electrons. The Morgan fingerprint density at radius 1 is 1.35 bits per heavy atom. The maximum Gasteiger partial charge on any atom is 0.407 e. The Morgan fingerprint density at radius 3 is 3.00 bits per heavy atom. The monoisotopic (exact) mass is 275 g/mol. The lowest BCUT2D eigenvalue weighted by Crippen LogP contribution is -2.30. The predicted molar refractivity (Wildman–Crippen MR) is 73.6 cm³/mol. The van der Waals surface area contributed by atoms with Crippen molar-refractivity contribution in [1.82, 2.24) is 19.5 Å². The summed E-state index contributed by atoms with van der Waals surface area (Å²) in [4.78, 5) is 16.5. The Hall–Kier alpha value is -2.31. The average Bonchev–Trinajstić information content (AvgIpc) is 2.70. The molecule has 7 heteroatoms.